The maximum absolute atomic E-state index is 11.3. The first-order chi connectivity index (χ1) is 13.8. The molecule has 29 heavy (non-hydrogen) atoms. The number of nitrogens with zero attached hydrogens (tertiary/aromatic N) is 5. The Hall–Kier alpha value is -2.92. The summed E-state index contributed by atoms with van der Waals surface area (Å²) < 4.78 is 33.3. The second kappa shape index (κ2) is 7.16. The van der Waals surface area contributed by atoms with Crippen molar-refractivity contribution < 1.29 is 13.0 Å². The highest BCUT2D eigenvalue weighted by Crippen LogP contribution is 2.33. The quantitative estimate of drug-likeness (QED) is 0.372. The number of rotatable bonds is 4. The molecule has 1 unspecified atom stereocenters. The van der Waals surface area contributed by atoms with Gasteiger partial charge in [0.15, 0.2) is 5.65 Å². The van der Waals surface area contributed by atoms with Crippen LogP contribution in [0, 0.1) is 0 Å². The molecule has 0 fully saturated rings. The maximum atomic E-state index is 11.3. The minimum Gasteiger partial charge on any atom is -0.319 e. The van der Waals surface area contributed by atoms with Crippen LogP contribution in [0.5, 0.6) is 0 Å². The van der Waals surface area contributed by atoms with Gasteiger partial charge in [-0.15, -0.1) is 0 Å². The van der Waals surface area contributed by atoms with Gasteiger partial charge >= 0.3 is 0 Å². The second-order valence-corrected chi connectivity index (χ2v) is 8.07. The molecular weight excluding hydrogens is 416 g/mol. The summed E-state index contributed by atoms with van der Waals surface area (Å²) in [5.41, 5.74) is 9.43. The van der Waals surface area contributed by atoms with E-state index in [-0.39, 0.29) is 10.2 Å². The Labute approximate surface area is 170 Å². The molecule has 0 amide bonds. The minimum absolute atomic E-state index is 0.0155. The van der Waals surface area contributed by atoms with Gasteiger partial charge < -0.3 is 5.73 Å². The summed E-state index contributed by atoms with van der Waals surface area (Å²) in [5, 5.41) is 5.19. The van der Waals surface area contributed by atoms with Crippen LogP contribution in [0.3, 0.4) is 0 Å². The lowest BCUT2D eigenvalue weighted by Gasteiger charge is -2.14. The van der Waals surface area contributed by atoms with Gasteiger partial charge in [0, 0.05) is 25.0 Å². The molecule has 1 aromatic carbocycles. The fraction of sp³-hybridized carbons (Fsp3) is 0.111. The van der Waals surface area contributed by atoms with E-state index in [2.05, 4.69) is 20.1 Å². The molecule has 1 atom stereocenters. The van der Waals surface area contributed by atoms with Crippen molar-refractivity contribution in [3.63, 3.8) is 0 Å². The third-order valence-corrected chi connectivity index (χ3v) is 5.51. The van der Waals surface area contributed by atoms with Crippen LogP contribution in [0.1, 0.15) is 17.3 Å². The largest absolute Gasteiger partial charge is 0.319 e. The van der Waals surface area contributed by atoms with Crippen LogP contribution in [0.15, 0.2) is 53.7 Å². The zero-order valence-electron chi connectivity index (χ0n) is 15.1. The number of halogens is 1. The summed E-state index contributed by atoms with van der Waals surface area (Å²) in [5.74, 6) is 0. The van der Waals surface area contributed by atoms with Crippen LogP contribution < -0.4 is 5.73 Å². The molecule has 9 nitrogen and oxygen atoms in total. The summed E-state index contributed by atoms with van der Waals surface area (Å²) in [6.45, 7) is 0. The van der Waals surface area contributed by atoms with Crippen molar-refractivity contribution in [1.82, 2.24) is 24.7 Å². The van der Waals surface area contributed by atoms with E-state index in [0.29, 0.717) is 28.0 Å². The summed E-state index contributed by atoms with van der Waals surface area (Å²) in [6.07, 6.45) is 3.31. The number of hydrogen-bond donors (Lipinski definition) is 2. The molecule has 0 aliphatic rings. The van der Waals surface area contributed by atoms with Gasteiger partial charge in [-0.1, -0.05) is 12.1 Å². The first-order valence-electron chi connectivity index (χ1n) is 8.39. The molecule has 3 heterocycles. The van der Waals surface area contributed by atoms with Gasteiger partial charge in [0.2, 0.25) is 5.28 Å². The Morgan fingerprint density at radius 2 is 1.76 bits per heavy atom. The van der Waals surface area contributed by atoms with Crippen molar-refractivity contribution in [3.8, 4) is 11.3 Å². The van der Waals surface area contributed by atoms with E-state index < -0.39 is 16.2 Å². The SMILES string of the molecule is Cn1nc(-c2ccncc2)c2c(C(N)c3ccc(S(=O)(=O)O)cc3)nc(Cl)nc21. The highest BCUT2D eigenvalue weighted by Gasteiger charge is 2.23. The summed E-state index contributed by atoms with van der Waals surface area (Å²) in [4.78, 5) is 12.4. The topological polar surface area (TPSA) is 137 Å². The molecule has 3 aromatic heterocycles. The molecule has 4 rings (SSSR count). The smallest absolute Gasteiger partial charge is 0.294 e. The zero-order chi connectivity index (χ0) is 20.8. The van der Waals surface area contributed by atoms with Crippen molar-refractivity contribution in [1.29, 1.82) is 0 Å². The van der Waals surface area contributed by atoms with Crippen molar-refractivity contribution in [2.45, 2.75) is 10.9 Å². The van der Waals surface area contributed by atoms with E-state index in [0.717, 1.165) is 5.56 Å². The molecule has 148 valence electrons. The van der Waals surface area contributed by atoms with Gasteiger partial charge in [0.1, 0.15) is 5.69 Å². The predicted molar refractivity (Wildman–Crippen MR) is 107 cm³/mol. The highest BCUT2D eigenvalue weighted by molar-refractivity contribution is 7.85. The van der Waals surface area contributed by atoms with Gasteiger partial charge in [0.25, 0.3) is 10.1 Å². The third-order valence-electron chi connectivity index (χ3n) is 4.47. The van der Waals surface area contributed by atoms with Crippen molar-refractivity contribution >= 4 is 32.8 Å². The number of fused-ring (bicyclic) bond motifs is 1. The van der Waals surface area contributed by atoms with Crippen LogP contribution in [-0.4, -0.2) is 37.7 Å². The Balaban J connectivity index is 1.91. The molecule has 0 radical (unpaired) electrons. The Bertz CT molecular complexity index is 1310. The monoisotopic (exact) mass is 430 g/mol. The molecule has 0 aliphatic carbocycles. The van der Waals surface area contributed by atoms with E-state index in [9.17, 15) is 8.42 Å². The average Bonchev–Trinajstić information content (AvgIpc) is 3.03. The van der Waals surface area contributed by atoms with Gasteiger partial charge in [-0.3, -0.25) is 9.54 Å². The predicted octanol–water partition coefficient (Wildman–Crippen LogP) is 2.37. The zero-order valence-corrected chi connectivity index (χ0v) is 16.6. The first kappa shape index (κ1) is 19.4. The van der Waals surface area contributed by atoms with E-state index in [1.165, 1.54) is 24.3 Å². The summed E-state index contributed by atoms with van der Waals surface area (Å²) in [6, 6.07) is 8.46. The van der Waals surface area contributed by atoms with Crippen LogP contribution >= 0.6 is 11.6 Å². The first-order valence-corrected chi connectivity index (χ1v) is 10.2. The van der Waals surface area contributed by atoms with Crippen LogP contribution in [-0.2, 0) is 17.2 Å². The van der Waals surface area contributed by atoms with Crippen molar-refractivity contribution in [3.05, 3.63) is 65.3 Å². The fourth-order valence-electron chi connectivity index (χ4n) is 3.09. The summed E-state index contributed by atoms with van der Waals surface area (Å²) >= 11 is 6.13. The molecule has 0 saturated carbocycles. The number of hydrogen-bond acceptors (Lipinski definition) is 7. The van der Waals surface area contributed by atoms with Gasteiger partial charge in [-0.25, -0.2) is 9.67 Å². The molecular formula is C18H15ClN6O3S. The third kappa shape index (κ3) is 3.58. The van der Waals surface area contributed by atoms with Crippen LogP contribution in [0.2, 0.25) is 5.28 Å². The molecule has 0 spiro atoms. The van der Waals surface area contributed by atoms with Gasteiger partial charge in [-0.2, -0.15) is 18.5 Å². The number of aromatic nitrogens is 5. The van der Waals surface area contributed by atoms with Crippen LogP contribution in [0.25, 0.3) is 22.3 Å². The lowest BCUT2D eigenvalue weighted by Crippen LogP contribution is -2.15. The maximum Gasteiger partial charge on any atom is 0.294 e. The van der Waals surface area contributed by atoms with Crippen LogP contribution in [0.4, 0.5) is 0 Å². The number of nitrogens with two attached hydrogens (primary N) is 1. The molecule has 0 saturated heterocycles. The van der Waals surface area contributed by atoms with E-state index in [1.54, 1.807) is 24.1 Å². The van der Waals surface area contributed by atoms with Crippen molar-refractivity contribution in [2.75, 3.05) is 0 Å². The standard InChI is InChI=1S/C18H15ClN6O3S/c1-25-17-13(15(24-25)11-6-8-21-9-7-11)16(22-18(19)23-17)14(20)10-2-4-12(5-3-10)29(26,27)28/h2-9,14H,20H2,1H3,(H,26,27,28). The Morgan fingerprint density at radius 1 is 1.10 bits per heavy atom. The second-order valence-electron chi connectivity index (χ2n) is 6.31. The normalized spacial score (nSPS) is 13.0. The lowest BCUT2D eigenvalue weighted by atomic mass is 10.00. The van der Waals surface area contributed by atoms with Crippen molar-refractivity contribution in [2.24, 2.45) is 12.8 Å². The Kier molecular flexibility index (Phi) is 4.79. The molecule has 4 aromatic rings. The van der Waals surface area contributed by atoms with Gasteiger partial charge in [0.05, 0.1) is 22.0 Å². The number of pyridine rings is 1. The number of benzene rings is 1. The molecule has 0 bridgehead atoms. The Morgan fingerprint density at radius 3 is 2.38 bits per heavy atom. The lowest BCUT2D eigenvalue weighted by molar-refractivity contribution is 0.483. The minimum atomic E-state index is -4.30. The molecule has 3 N–H and O–H groups in total. The summed E-state index contributed by atoms with van der Waals surface area (Å²) in [7, 11) is -2.55. The molecule has 0 aliphatic heterocycles. The molecule has 11 heteroatoms. The number of aryl methyl sites for hydroxylation is 1. The van der Waals surface area contributed by atoms with E-state index in [4.69, 9.17) is 21.9 Å². The van der Waals surface area contributed by atoms with Gasteiger partial charge in [-0.05, 0) is 41.4 Å². The average molecular weight is 431 g/mol. The fourth-order valence-corrected chi connectivity index (χ4v) is 3.74. The highest BCUT2D eigenvalue weighted by atomic mass is 35.5. The van der Waals surface area contributed by atoms with E-state index >= 15 is 0 Å². The van der Waals surface area contributed by atoms with E-state index in [1.807, 2.05) is 12.1 Å².